The van der Waals surface area contributed by atoms with E-state index in [2.05, 4.69) is 10.3 Å². The first kappa shape index (κ1) is 20.9. The van der Waals surface area contributed by atoms with Gasteiger partial charge in [-0.15, -0.1) is 0 Å². The van der Waals surface area contributed by atoms with E-state index in [1.54, 1.807) is 13.2 Å². The molecule has 2 fully saturated rings. The number of rotatable bonds is 5. The van der Waals surface area contributed by atoms with Crippen LogP contribution in [0.5, 0.6) is 0 Å². The number of pyridine rings is 1. The fourth-order valence-corrected chi connectivity index (χ4v) is 4.14. The number of methoxy groups -OCH3 is 2. The highest BCUT2D eigenvalue weighted by Gasteiger charge is 2.37. The highest BCUT2D eigenvalue weighted by Crippen LogP contribution is 2.38. The summed E-state index contributed by atoms with van der Waals surface area (Å²) >= 11 is 0. The van der Waals surface area contributed by atoms with Crippen molar-refractivity contribution in [1.82, 2.24) is 10.3 Å². The third-order valence-corrected chi connectivity index (χ3v) is 5.64. The fourth-order valence-electron chi connectivity index (χ4n) is 4.14. The molecule has 9 heteroatoms. The quantitative estimate of drug-likeness (QED) is 0.765. The van der Waals surface area contributed by atoms with Gasteiger partial charge in [-0.2, -0.15) is 13.2 Å². The van der Waals surface area contributed by atoms with Crippen LogP contribution in [-0.4, -0.2) is 58.0 Å². The Morgan fingerprint density at radius 3 is 2.57 bits per heavy atom. The van der Waals surface area contributed by atoms with E-state index in [-0.39, 0.29) is 23.7 Å². The average Bonchev–Trinajstić information content (AvgIpc) is 3.14. The number of hydrogen-bond acceptors (Lipinski definition) is 6. The molecule has 3 rings (SSSR count). The van der Waals surface area contributed by atoms with Crippen molar-refractivity contribution < 1.29 is 27.4 Å². The molecule has 28 heavy (non-hydrogen) atoms. The molecule has 0 radical (unpaired) electrons. The number of anilines is 1. The molecule has 2 saturated heterocycles. The van der Waals surface area contributed by atoms with E-state index >= 15 is 0 Å². The summed E-state index contributed by atoms with van der Waals surface area (Å²) in [6.45, 7) is 2.89. The zero-order chi connectivity index (χ0) is 20.3. The first-order chi connectivity index (χ1) is 13.3. The molecule has 0 amide bonds. The van der Waals surface area contributed by atoms with Gasteiger partial charge in [0, 0.05) is 45.1 Å². The lowest BCUT2D eigenvalue weighted by atomic mass is 9.88. The normalized spacial score (nSPS) is 23.8. The molecule has 0 saturated carbocycles. The van der Waals surface area contributed by atoms with Crippen LogP contribution in [0.4, 0.5) is 19.0 Å². The highest BCUT2D eigenvalue weighted by atomic mass is 19.4. The van der Waals surface area contributed by atoms with Crippen molar-refractivity contribution in [2.45, 2.75) is 24.9 Å². The van der Waals surface area contributed by atoms with Gasteiger partial charge in [-0.25, -0.2) is 4.98 Å². The number of carbonyl (C=O) groups is 1. The monoisotopic (exact) mass is 401 g/mol. The predicted octanol–water partition coefficient (Wildman–Crippen LogP) is 2.44. The number of nitrogens with zero attached hydrogens (tertiary/aromatic N) is 2. The Morgan fingerprint density at radius 1 is 1.25 bits per heavy atom. The van der Waals surface area contributed by atoms with Crippen molar-refractivity contribution in [2.75, 3.05) is 51.9 Å². The van der Waals surface area contributed by atoms with E-state index in [9.17, 15) is 18.0 Å². The number of aromatic nitrogens is 1. The molecular weight excluding hydrogens is 375 g/mol. The molecule has 0 aliphatic carbocycles. The Kier molecular flexibility index (Phi) is 6.44. The second kappa shape index (κ2) is 8.65. The van der Waals surface area contributed by atoms with Crippen molar-refractivity contribution in [3.8, 4) is 0 Å². The van der Waals surface area contributed by atoms with Crippen molar-refractivity contribution in [2.24, 2.45) is 11.8 Å². The van der Waals surface area contributed by atoms with Crippen LogP contribution in [0.25, 0.3) is 0 Å². The maximum absolute atomic E-state index is 13.3. The summed E-state index contributed by atoms with van der Waals surface area (Å²) in [5, 5.41) is 3.30. The van der Waals surface area contributed by atoms with Crippen LogP contribution in [0, 0.1) is 11.8 Å². The van der Waals surface area contributed by atoms with E-state index < -0.39 is 11.9 Å². The average molecular weight is 401 g/mol. The van der Waals surface area contributed by atoms with Gasteiger partial charge in [0.1, 0.15) is 11.5 Å². The zero-order valence-corrected chi connectivity index (χ0v) is 16.1. The molecule has 2 aliphatic rings. The molecule has 2 aliphatic heterocycles. The Bertz CT molecular complexity index is 691. The van der Waals surface area contributed by atoms with Gasteiger partial charge in [0.25, 0.3) is 0 Å². The van der Waals surface area contributed by atoms with Gasteiger partial charge < -0.3 is 19.7 Å². The van der Waals surface area contributed by atoms with Crippen LogP contribution in [0.15, 0.2) is 12.1 Å². The second-order valence-electron chi connectivity index (χ2n) is 7.37. The van der Waals surface area contributed by atoms with E-state index in [4.69, 9.17) is 9.47 Å². The number of alkyl halides is 3. The van der Waals surface area contributed by atoms with E-state index in [0.29, 0.717) is 44.9 Å². The van der Waals surface area contributed by atoms with Gasteiger partial charge in [-0.05, 0) is 24.5 Å². The van der Waals surface area contributed by atoms with Crippen LogP contribution in [0.2, 0.25) is 0 Å². The third-order valence-electron chi connectivity index (χ3n) is 5.64. The summed E-state index contributed by atoms with van der Waals surface area (Å²) in [7, 11) is 2.98. The number of esters is 1. The van der Waals surface area contributed by atoms with Crippen LogP contribution in [-0.2, 0) is 20.4 Å². The topological polar surface area (TPSA) is 63.7 Å². The lowest BCUT2D eigenvalue weighted by Crippen LogP contribution is -2.38. The van der Waals surface area contributed by atoms with Crippen molar-refractivity contribution >= 4 is 11.8 Å². The maximum atomic E-state index is 13.3. The molecule has 0 bridgehead atoms. The Labute approximate surface area is 162 Å². The molecule has 1 N–H and O–H groups in total. The molecule has 3 heterocycles. The molecular formula is C19H26F3N3O3. The second-order valence-corrected chi connectivity index (χ2v) is 7.37. The highest BCUT2D eigenvalue weighted by molar-refractivity contribution is 5.72. The molecule has 2 atom stereocenters. The van der Waals surface area contributed by atoms with Gasteiger partial charge in [0.15, 0.2) is 0 Å². The van der Waals surface area contributed by atoms with Crippen molar-refractivity contribution in [3.05, 3.63) is 23.4 Å². The molecule has 1 aromatic rings. The summed E-state index contributed by atoms with van der Waals surface area (Å²) in [4.78, 5) is 17.6. The largest absolute Gasteiger partial charge is 0.469 e. The van der Waals surface area contributed by atoms with E-state index in [1.165, 1.54) is 7.11 Å². The molecule has 1 aromatic heterocycles. The standard InChI is InChI=1S/C19H26F3N3O3/c1-27-11-13-9-23-10-15(13)14-3-4-16(19(20,21)22)24-17(14)25-7-5-12(6-8-25)18(26)28-2/h3-4,12-13,15,23H,5-11H2,1-2H3/t13-,15+/m1/s1. The molecule has 6 nitrogen and oxygen atoms in total. The lowest BCUT2D eigenvalue weighted by Gasteiger charge is -2.34. The SMILES string of the molecule is COC[C@H]1CNC[C@@H]1c1ccc(C(F)(F)F)nc1N1CCC(C(=O)OC)CC1. The summed E-state index contributed by atoms with van der Waals surface area (Å²) in [6, 6.07) is 2.61. The summed E-state index contributed by atoms with van der Waals surface area (Å²) in [5.74, 6) is 0.0906. The smallest absolute Gasteiger partial charge is 0.433 e. The minimum absolute atomic E-state index is 0.0306. The Hall–Kier alpha value is -1.87. The minimum atomic E-state index is -4.50. The molecule has 0 unspecified atom stereocenters. The predicted molar refractivity (Wildman–Crippen MR) is 97.2 cm³/mol. The van der Waals surface area contributed by atoms with Crippen LogP contribution in [0.3, 0.4) is 0 Å². The van der Waals surface area contributed by atoms with Gasteiger partial charge in [0.2, 0.25) is 0 Å². The number of carbonyl (C=O) groups excluding carboxylic acids is 1. The molecule has 0 spiro atoms. The summed E-state index contributed by atoms with van der Waals surface area (Å²) < 4.78 is 49.9. The first-order valence-electron chi connectivity index (χ1n) is 9.45. The maximum Gasteiger partial charge on any atom is 0.433 e. The number of halogens is 3. The lowest BCUT2D eigenvalue weighted by molar-refractivity contribution is -0.146. The van der Waals surface area contributed by atoms with Crippen molar-refractivity contribution in [3.63, 3.8) is 0 Å². The summed E-state index contributed by atoms with van der Waals surface area (Å²) in [5.41, 5.74) is -0.0906. The fraction of sp³-hybridized carbons (Fsp3) is 0.684. The minimum Gasteiger partial charge on any atom is -0.469 e. The van der Waals surface area contributed by atoms with Crippen LogP contribution < -0.4 is 10.2 Å². The van der Waals surface area contributed by atoms with Gasteiger partial charge in [-0.3, -0.25) is 4.79 Å². The van der Waals surface area contributed by atoms with Crippen LogP contribution in [0.1, 0.15) is 30.0 Å². The first-order valence-corrected chi connectivity index (χ1v) is 9.45. The van der Waals surface area contributed by atoms with Gasteiger partial charge >= 0.3 is 12.1 Å². The zero-order valence-electron chi connectivity index (χ0n) is 16.1. The Balaban J connectivity index is 1.90. The van der Waals surface area contributed by atoms with Gasteiger partial charge in [-0.1, -0.05) is 6.07 Å². The number of hydrogen-bond donors (Lipinski definition) is 1. The van der Waals surface area contributed by atoms with Gasteiger partial charge in [0.05, 0.1) is 19.6 Å². The third kappa shape index (κ3) is 4.41. The molecule has 0 aromatic carbocycles. The number of ether oxygens (including phenoxy) is 2. The van der Waals surface area contributed by atoms with E-state index in [1.807, 2.05) is 4.90 Å². The summed E-state index contributed by atoms with van der Waals surface area (Å²) in [6.07, 6.45) is -3.43. The number of piperidine rings is 1. The van der Waals surface area contributed by atoms with Crippen molar-refractivity contribution in [1.29, 1.82) is 0 Å². The van der Waals surface area contributed by atoms with Crippen LogP contribution >= 0.6 is 0 Å². The molecule has 156 valence electrons. The van der Waals surface area contributed by atoms with E-state index in [0.717, 1.165) is 18.2 Å². The Morgan fingerprint density at radius 2 is 1.96 bits per heavy atom. The number of nitrogens with one attached hydrogen (secondary N) is 1.